The fourth-order valence-electron chi connectivity index (χ4n) is 3.76. The zero-order valence-electron chi connectivity index (χ0n) is 17.2. The van der Waals surface area contributed by atoms with E-state index in [1.165, 1.54) is 11.1 Å². The van der Waals surface area contributed by atoms with Crippen LogP contribution in [0.5, 0.6) is 11.5 Å². The third-order valence-electron chi connectivity index (χ3n) is 5.54. The summed E-state index contributed by atoms with van der Waals surface area (Å²) in [7, 11) is 0. The summed E-state index contributed by atoms with van der Waals surface area (Å²) in [6.07, 6.45) is 0. The van der Waals surface area contributed by atoms with Gasteiger partial charge < -0.3 is 14.8 Å². The van der Waals surface area contributed by atoms with Gasteiger partial charge in [-0.25, -0.2) is 0 Å². The zero-order valence-corrected chi connectivity index (χ0v) is 17.2. The van der Waals surface area contributed by atoms with Crippen LogP contribution in [-0.2, 0) is 11.3 Å². The monoisotopic (exact) mass is 395 g/mol. The number of carbonyl (C=O) groups is 1. The Morgan fingerprint density at radius 1 is 0.966 bits per heavy atom. The number of rotatable bonds is 6. The van der Waals surface area contributed by atoms with Gasteiger partial charge in [-0.3, -0.25) is 14.6 Å². The van der Waals surface area contributed by atoms with E-state index < -0.39 is 0 Å². The summed E-state index contributed by atoms with van der Waals surface area (Å²) in [5.41, 5.74) is 3.37. The minimum Gasteiger partial charge on any atom is -0.454 e. The molecule has 0 radical (unpaired) electrons. The Balaban J connectivity index is 1.21. The largest absolute Gasteiger partial charge is 0.454 e. The first kappa shape index (κ1) is 19.7. The predicted molar refractivity (Wildman–Crippen MR) is 113 cm³/mol. The molecule has 2 aromatic carbocycles. The van der Waals surface area contributed by atoms with E-state index >= 15 is 0 Å². The maximum atomic E-state index is 12.4. The normalized spacial score (nSPS) is 16.9. The van der Waals surface area contributed by atoms with Gasteiger partial charge in [0.2, 0.25) is 12.7 Å². The molecule has 29 heavy (non-hydrogen) atoms. The van der Waals surface area contributed by atoms with Crippen molar-refractivity contribution in [2.45, 2.75) is 26.3 Å². The Morgan fingerprint density at radius 3 is 2.38 bits per heavy atom. The number of fused-ring (bicyclic) bond motifs is 1. The number of nitrogens with zero attached hydrogens (tertiary/aromatic N) is 2. The molecule has 1 fully saturated rings. The zero-order chi connectivity index (χ0) is 20.2. The number of hydrogen-bond donors (Lipinski definition) is 1. The van der Waals surface area contributed by atoms with Gasteiger partial charge in [-0.15, -0.1) is 0 Å². The molecule has 6 nitrogen and oxygen atoms in total. The Morgan fingerprint density at radius 2 is 1.66 bits per heavy atom. The molecular weight excluding hydrogens is 366 g/mol. The van der Waals surface area contributed by atoms with Crippen LogP contribution in [-0.4, -0.2) is 55.2 Å². The maximum Gasteiger partial charge on any atom is 0.238 e. The van der Waals surface area contributed by atoms with Gasteiger partial charge in [0.1, 0.15) is 0 Å². The molecule has 1 N–H and O–H groups in total. The second kappa shape index (κ2) is 8.84. The molecule has 2 aliphatic rings. The molecule has 4 rings (SSSR count). The van der Waals surface area contributed by atoms with Gasteiger partial charge in [0.05, 0.1) is 6.54 Å². The van der Waals surface area contributed by atoms with Crippen LogP contribution in [0.1, 0.15) is 30.9 Å². The lowest BCUT2D eigenvalue weighted by Crippen LogP contribution is -2.48. The molecule has 1 amide bonds. The molecule has 0 aromatic heterocycles. The molecule has 0 spiro atoms. The Labute approximate surface area is 172 Å². The lowest BCUT2D eigenvalue weighted by molar-refractivity contribution is -0.117. The van der Waals surface area contributed by atoms with Gasteiger partial charge in [0, 0.05) is 38.4 Å². The van der Waals surface area contributed by atoms with E-state index in [0.29, 0.717) is 19.3 Å². The molecule has 2 heterocycles. The van der Waals surface area contributed by atoms with E-state index in [9.17, 15) is 4.79 Å². The molecular formula is C23H29N3O3. The highest BCUT2D eigenvalue weighted by atomic mass is 16.7. The van der Waals surface area contributed by atoms with Crippen LogP contribution in [0.4, 0.5) is 5.69 Å². The maximum absolute atomic E-state index is 12.4. The highest BCUT2D eigenvalue weighted by Gasteiger charge is 2.20. The average Bonchev–Trinajstić information content (AvgIpc) is 3.18. The van der Waals surface area contributed by atoms with Crippen molar-refractivity contribution in [1.29, 1.82) is 0 Å². The first-order chi connectivity index (χ1) is 14.1. The van der Waals surface area contributed by atoms with Crippen LogP contribution in [0.2, 0.25) is 0 Å². The van der Waals surface area contributed by atoms with Crippen molar-refractivity contribution in [3.05, 3.63) is 53.6 Å². The van der Waals surface area contributed by atoms with Crippen LogP contribution >= 0.6 is 0 Å². The molecule has 154 valence electrons. The number of hydrogen-bond acceptors (Lipinski definition) is 5. The fraction of sp³-hybridized carbons (Fsp3) is 0.435. The SMILES string of the molecule is CC(C)c1ccc(NC(=O)CN2CCN(Cc3ccc4c(c3)OCO4)CC2)cc1. The van der Waals surface area contributed by atoms with Crippen LogP contribution < -0.4 is 14.8 Å². The first-order valence-electron chi connectivity index (χ1n) is 10.3. The van der Waals surface area contributed by atoms with E-state index in [4.69, 9.17) is 9.47 Å². The molecule has 2 aliphatic heterocycles. The van der Waals surface area contributed by atoms with Gasteiger partial charge in [-0.2, -0.15) is 0 Å². The fourth-order valence-corrected chi connectivity index (χ4v) is 3.76. The number of ether oxygens (including phenoxy) is 2. The molecule has 6 heteroatoms. The summed E-state index contributed by atoms with van der Waals surface area (Å²) in [6.45, 7) is 9.65. The number of piperazine rings is 1. The first-order valence-corrected chi connectivity index (χ1v) is 10.3. The third-order valence-corrected chi connectivity index (χ3v) is 5.54. The topological polar surface area (TPSA) is 54.0 Å². The van der Waals surface area contributed by atoms with E-state index in [1.807, 2.05) is 18.2 Å². The van der Waals surface area contributed by atoms with Crippen molar-refractivity contribution >= 4 is 11.6 Å². The summed E-state index contributed by atoms with van der Waals surface area (Å²) >= 11 is 0. The van der Waals surface area contributed by atoms with Crippen LogP contribution in [0.3, 0.4) is 0 Å². The number of nitrogens with one attached hydrogen (secondary N) is 1. The summed E-state index contributed by atoms with van der Waals surface area (Å²) < 4.78 is 10.8. The van der Waals surface area contributed by atoms with Crippen molar-refractivity contribution in [3.8, 4) is 11.5 Å². The van der Waals surface area contributed by atoms with Gasteiger partial charge >= 0.3 is 0 Å². The molecule has 0 atom stereocenters. The van der Waals surface area contributed by atoms with Crippen molar-refractivity contribution in [3.63, 3.8) is 0 Å². The number of carbonyl (C=O) groups excluding carboxylic acids is 1. The second-order valence-electron chi connectivity index (χ2n) is 8.06. The van der Waals surface area contributed by atoms with Crippen molar-refractivity contribution < 1.29 is 14.3 Å². The van der Waals surface area contributed by atoms with Gasteiger partial charge in [-0.05, 0) is 41.3 Å². The van der Waals surface area contributed by atoms with Crippen LogP contribution in [0, 0.1) is 0 Å². The molecule has 0 unspecified atom stereocenters. The highest BCUT2D eigenvalue weighted by molar-refractivity contribution is 5.92. The molecule has 0 saturated carbocycles. The molecule has 2 aromatic rings. The summed E-state index contributed by atoms with van der Waals surface area (Å²) in [5, 5.41) is 3.01. The van der Waals surface area contributed by atoms with E-state index in [0.717, 1.165) is 49.9 Å². The number of amides is 1. The predicted octanol–water partition coefficient (Wildman–Crippen LogP) is 3.30. The molecule has 1 saturated heterocycles. The van der Waals surface area contributed by atoms with E-state index in [2.05, 4.69) is 53.2 Å². The lowest BCUT2D eigenvalue weighted by Gasteiger charge is -2.34. The highest BCUT2D eigenvalue weighted by Crippen LogP contribution is 2.32. The summed E-state index contributed by atoms with van der Waals surface area (Å²) in [4.78, 5) is 17.0. The lowest BCUT2D eigenvalue weighted by atomic mass is 10.0. The van der Waals surface area contributed by atoms with Crippen molar-refractivity contribution in [2.75, 3.05) is 44.8 Å². The average molecular weight is 396 g/mol. The van der Waals surface area contributed by atoms with E-state index in [-0.39, 0.29) is 5.91 Å². The minimum atomic E-state index is 0.0477. The third kappa shape index (κ3) is 5.08. The van der Waals surface area contributed by atoms with E-state index in [1.54, 1.807) is 0 Å². The van der Waals surface area contributed by atoms with Crippen molar-refractivity contribution in [1.82, 2.24) is 9.80 Å². The van der Waals surface area contributed by atoms with Crippen molar-refractivity contribution in [2.24, 2.45) is 0 Å². The Bertz CT molecular complexity index is 843. The summed E-state index contributed by atoms with van der Waals surface area (Å²) in [5.74, 6) is 2.20. The Kier molecular flexibility index (Phi) is 6.02. The minimum absolute atomic E-state index is 0.0477. The number of benzene rings is 2. The van der Waals surface area contributed by atoms with Gasteiger partial charge in [-0.1, -0.05) is 32.0 Å². The quantitative estimate of drug-likeness (QED) is 0.813. The Hall–Kier alpha value is -2.57. The molecule has 0 aliphatic carbocycles. The number of anilines is 1. The second-order valence-corrected chi connectivity index (χ2v) is 8.06. The van der Waals surface area contributed by atoms with Gasteiger partial charge in [0.25, 0.3) is 0 Å². The van der Waals surface area contributed by atoms with Crippen LogP contribution in [0.15, 0.2) is 42.5 Å². The van der Waals surface area contributed by atoms with Gasteiger partial charge in [0.15, 0.2) is 11.5 Å². The summed E-state index contributed by atoms with van der Waals surface area (Å²) in [6, 6.07) is 14.3. The molecule has 0 bridgehead atoms. The standard InChI is InChI=1S/C23H29N3O3/c1-17(2)19-4-6-20(7-5-19)24-23(27)15-26-11-9-25(10-12-26)14-18-3-8-21-22(13-18)29-16-28-21/h3-8,13,17H,9-12,14-16H2,1-2H3,(H,24,27). The van der Waals surface area contributed by atoms with Crippen LogP contribution in [0.25, 0.3) is 0 Å². The smallest absolute Gasteiger partial charge is 0.238 e.